The van der Waals surface area contributed by atoms with E-state index in [2.05, 4.69) is 10.4 Å². The average Bonchev–Trinajstić information content (AvgIpc) is 3.48. The van der Waals surface area contributed by atoms with E-state index in [0.717, 1.165) is 45.7 Å². The van der Waals surface area contributed by atoms with Gasteiger partial charge in [0.15, 0.2) is 0 Å². The summed E-state index contributed by atoms with van der Waals surface area (Å²) in [5, 5.41) is 9.31. The summed E-state index contributed by atoms with van der Waals surface area (Å²) in [5.74, 6) is 0.0326. The maximum atomic E-state index is 13.0. The second-order valence-electron chi connectivity index (χ2n) is 8.24. The molecule has 5 rings (SSSR count). The van der Waals surface area contributed by atoms with Gasteiger partial charge < -0.3 is 10.2 Å². The summed E-state index contributed by atoms with van der Waals surface area (Å²) in [5.41, 5.74) is 3.59. The van der Waals surface area contributed by atoms with E-state index in [1.165, 1.54) is 11.3 Å². The lowest BCUT2D eigenvalue weighted by Crippen LogP contribution is -2.23. The SMILES string of the molecule is Cc1nn(Cc2ccccc2Cl)c2sc(C(=O)Nc3cccc(CN4CCCC4=O)c3)cc12. The molecule has 1 aliphatic rings. The van der Waals surface area contributed by atoms with Crippen molar-refractivity contribution in [1.29, 1.82) is 0 Å². The van der Waals surface area contributed by atoms with E-state index in [4.69, 9.17) is 11.6 Å². The Kier molecular flexibility index (Phi) is 5.91. The second kappa shape index (κ2) is 9.00. The lowest BCUT2D eigenvalue weighted by atomic mass is 10.2. The Labute approximate surface area is 200 Å². The molecule has 1 fully saturated rings. The number of amides is 2. The molecule has 2 amide bonds. The Hall–Kier alpha value is -3.16. The Bertz CT molecular complexity index is 1360. The maximum absolute atomic E-state index is 13.0. The summed E-state index contributed by atoms with van der Waals surface area (Å²) < 4.78 is 1.90. The fourth-order valence-corrected chi connectivity index (χ4v) is 5.40. The number of hydrogen-bond donors (Lipinski definition) is 1. The molecular weight excluding hydrogens is 456 g/mol. The van der Waals surface area contributed by atoms with Crippen LogP contribution < -0.4 is 5.32 Å². The van der Waals surface area contributed by atoms with Crippen LogP contribution in [0.5, 0.6) is 0 Å². The Morgan fingerprint density at radius 2 is 2.00 bits per heavy atom. The Balaban J connectivity index is 1.34. The highest BCUT2D eigenvalue weighted by Gasteiger charge is 2.20. The molecular formula is C25H23ClN4O2S. The quantitative estimate of drug-likeness (QED) is 0.399. The van der Waals surface area contributed by atoms with Crippen LogP contribution in [0.15, 0.2) is 54.6 Å². The number of hydrogen-bond acceptors (Lipinski definition) is 4. The van der Waals surface area contributed by atoms with Gasteiger partial charge in [-0.15, -0.1) is 11.3 Å². The van der Waals surface area contributed by atoms with Gasteiger partial charge in [-0.3, -0.25) is 14.3 Å². The van der Waals surface area contributed by atoms with E-state index in [1.807, 2.05) is 71.1 Å². The van der Waals surface area contributed by atoms with Gasteiger partial charge in [-0.2, -0.15) is 5.10 Å². The van der Waals surface area contributed by atoms with Crippen LogP contribution in [0.2, 0.25) is 5.02 Å². The maximum Gasteiger partial charge on any atom is 0.265 e. The van der Waals surface area contributed by atoms with E-state index >= 15 is 0 Å². The fourth-order valence-electron chi connectivity index (χ4n) is 4.15. The van der Waals surface area contributed by atoms with Gasteiger partial charge in [0.05, 0.1) is 17.1 Å². The van der Waals surface area contributed by atoms with Crippen molar-refractivity contribution < 1.29 is 9.59 Å². The van der Waals surface area contributed by atoms with Gasteiger partial charge in [0, 0.05) is 35.6 Å². The normalized spacial score (nSPS) is 13.8. The predicted octanol–water partition coefficient (Wildman–Crippen LogP) is 5.48. The van der Waals surface area contributed by atoms with Gasteiger partial charge in [-0.05, 0) is 48.7 Å². The summed E-state index contributed by atoms with van der Waals surface area (Å²) >= 11 is 7.75. The molecule has 2 aromatic heterocycles. The van der Waals surface area contributed by atoms with Gasteiger partial charge in [-0.25, -0.2) is 0 Å². The van der Waals surface area contributed by atoms with E-state index < -0.39 is 0 Å². The number of thiophene rings is 1. The molecule has 0 bridgehead atoms. The third-order valence-corrected chi connectivity index (χ3v) is 7.35. The van der Waals surface area contributed by atoms with Crippen molar-refractivity contribution in [1.82, 2.24) is 14.7 Å². The molecule has 0 aliphatic carbocycles. The highest BCUT2D eigenvalue weighted by atomic mass is 35.5. The predicted molar refractivity (Wildman–Crippen MR) is 132 cm³/mol. The number of aromatic nitrogens is 2. The molecule has 0 atom stereocenters. The Morgan fingerprint density at radius 3 is 2.79 bits per heavy atom. The van der Waals surface area contributed by atoms with Crippen molar-refractivity contribution in [2.75, 3.05) is 11.9 Å². The van der Waals surface area contributed by atoms with Crippen LogP contribution in [0.4, 0.5) is 5.69 Å². The van der Waals surface area contributed by atoms with Crippen molar-refractivity contribution in [2.45, 2.75) is 32.9 Å². The number of nitrogens with one attached hydrogen (secondary N) is 1. The first kappa shape index (κ1) is 21.7. The number of anilines is 1. The molecule has 8 heteroatoms. The molecule has 0 unspecified atom stereocenters. The summed E-state index contributed by atoms with van der Waals surface area (Å²) in [6.07, 6.45) is 1.53. The molecule has 2 aromatic carbocycles. The number of benzene rings is 2. The van der Waals surface area contributed by atoms with Gasteiger partial charge >= 0.3 is 0 Å². The van der Waals surface area contributed by atoms with E-state index in [1.54, 1.807) is 0 Å². The largest absolute Gasteiger partial charge is 0.338 e. The number of rotatable bonds is 6. The Morgan fingerprint density at radius 1 is 1.15 bits per heavy atom. The van der Waals surface area contributed by atoms with E-state index in [-0.39, 0.29) is 11.8 Å². The molecule has 4 aromatic rings. The molecule has 0 spiro atoms. The second-order valence-corrected chi connectivity index (χ2v) is 9.68. The van der Waals surface area contributed by atoms with Gasteiger partial charge in [0.1, 0.15) is 4.83 Å². The minimum atomic E-state index is -0.158. The lowest BCUT2D eigenvalue weighted by molar-refractivity contribution is -0.128. The van der Waals surface area contributed by atoms with Crippen molar-refractivity contribution in [3.63, 3.8) is 0 Å². The van der Waals surface area contributed by atoms with Crippen LogP contribution in [0.1, 0.15) is 39.3 Å². The molecule has 1 saturated heterocycles. The van der Waals surface area contributed by atoms with Crippen LogP contribution in [0, 0.1) is 6.92 Å². The van der Waals surface area contributed by atoms with Gasteiger partial charge in [0.25, 0.3) is 5.91 Å². The third-order valence-electron chi connectivity index (χ3n) is 5.84. The van der Waals surface area contributed by atoms with Crippen LogP contribution in [-0.2, 0) is 17.9 Å². The summed E-state index contributed by atoms with van der Waals surface area (Å²) in [7, 11) is 0. The third kappa shape index (κ3) is 4.51. The highest BCUT2D eigenvalue weighted by molar-refractivity contribution is 7.20. The van der Waals surface area contributed by atoms with Crippen molar-refractivity contribution in [3.05, 3.63) is 81.3 Å². The molecule has 1 aliphatic heterocycles. The van der Waals surface area contributed by atoms with Crippen molar-refractivity contribution in [3.8, 4) is 0 Å². The van der Waals surface area contributed by atoms with Crippen LogP contribution in [0.3, 0.4) is 0 Å². The molecule has 6 nitrogen and oxygen atoms in total. The van der Waals surface area contributed by atoms with Gasteiger partial charge in [0.2, 0.25) is 5.91 Å². The number of nitrogens with zero attached hydrogens (tertiary/aromatic N) is 3. The first-order valence-electron chi connectivity index (χ1n) is 10.9. The van der Waals surface area contributed by atoms with Crippen LogP contribution in [-0.4, -0.2) is 33.0 Å². The number of carbonyl (C=O) groups is 2. The van der Waals surface area contributed by atoms with E-state index in [9.17, 15) is 9.59 Å². The molecule has 0 radical (unpaired) electrons. The standard InChI is InChI=1S/C25H23ClN4O2S/c1-16-20-13-22(33-25(20)30(28-16)15-18-7-2-3-9-21(18)26)24(32)27-19-8-4-6-17(12-19)14-29-11-5-10-23(29)31/h2-4,6-9,12-13H,5,10-11,14-15H2,1H3,(H,27,32). The zero-order valence-corrected chi connectivity index (χ0v) is 19.7. The smallest absolute Gasteiger partial charge is 0.265 e. The molecule has 0 saturated carbocycles. The molecule has 33 heavy (non-hydrogen) atoms. The first-order chi connectivity index (χ1) is 16.0. The van der Waals surface area contributed by atoms with Crippen molar-refractivity contribution >= 4 is 50.7 Å². The summed E-state index contributed by atoms with van der Waals surface area (Å²) in [6, 6.07) is 17.3. The minimum Gasteiger partial charge on any atom is -0.338 e. The number of likely N-dealkylation sites (tertiary alicyclic amines) is 1. The number of fused-ring (bicyclic) bond motifs is 1. The summed E-state index contributed by atoms with van der Waals surface area (Å²) in [4.78, 5) is 28.4. The fraction of sp³-hybridized carbons (Fsp3) is 0.240. The lowest BCUT2D eigenvalue weighted by Gasteiger charge is -2.16. The minimum absolute atomic E-state index is 0.158. The van der Waals surface area contributed by atoms with E-state index in [0.29, 0.717) is 29.4 Å². The molecule has 3 heterocycles. The first-order valence-corrected chi connectivity index (χ1v) is 12.1. The number of halogens is 1. The molecule has 168 valence electrons. The van der Waals surface area contributed by atoms with Gasteiger partial charge in [-0.1, -0.05) is 41.9 Å². The van der Waals surface area contributed by atoms with Crippen molar-refractivity contribution in [2.24, 2.45) is 0 Å². The zero-order valence-electron chi connectivity index (χ0n) is 18.2. The summed E-state index contributed by atoms with van der Waals surface area (Å²) in [6.45, 7) is 3.86. The highest BCUT2D eigenvalue weighted by Crippen LogP contribution is 2.30. The zero-order chi connectivity index (χ0) is 22.9. The topological polar surface area (TPSA) is 67.2 Å². The number of aryl methyl sites for hydroxylation is 1. The molecule has 1 N–H and O–H groups in total. The monoisotopic (exact) mass is 478 g/mol. The average molecular weight is 479 g/mol. The van der Waals surface area contributed by atoms with Crippen LogP contribution in [0.25, 0.3) is 10.2 Å². The number of carbonyl (C=O) groups excluding carboxylic acids is 2. The van der Waals surface area contributed by atoms with Crippen LogP contribution >= 0.6 is 22.9 Å².